The van der Waals surface area contributed by atoms with Crippen LogP contribution >= 0.6 is 0 Å². The van der Waals surface area contributed by atoms with Crippen LogP contribution in [0.4, 0.5) is 0 Å². The summed E-state index contributed by atoms with van der Waals surface area (Å²) in [5.74, 6) is -0.325. The van der Waals surface area contributed by atoms with Crippen LogP contribution in [0, 0.1) is 12.1 Å². The summed E-state index contributed by atoms with van der Waals surface area (Å²) < 4.78 is 0.623. The summed E-state index contributed by atoms with van der Waals surface area (Å²) in [5, 5.41) is 20.4. The number of hydrogen-bond donors (Lipinski definition) is 3. The molecule has 0 atom stereocenters. The molecule has 1 heterocycles. The van der Waals surface area contributed by atoms with Gasteiger partial charge in [0.1, 0.15) is 0 Å². The maximum absolute atomic E-state index is 12.0. The zero-order valence-electron chi connectivity index (χ0n) is 24.9. The second-order valence-corrected chi connectivity index (χ2v) is 9.40. The van der Waals surface area contributed by atoms with Gasteiger partial charge in [-0.15, -0.1) is 0 Å². The third-order valence-corrected chi connectivity index (χ3v) is 5.78. The van der Waals surface area contributed by atoms with E-state index in [2.05, 4.69) is 101 Å². The minimum absolute atomic E-state index is 0.0537. The average Bonchev–Trinajstić information content (AvgIpc) is 2.97. The van der Waals surface area contributed by atoms with Crippen LogP contribution in [0.2, 0.25) is 0 Å². The zero-order chi connectivity index (χ0) is 29.8. The Labute approximate surface area is 246 Å². The van der Waals surface area contributed by atoms with E-state index in [-0.39, 0.29) is 17.5 Å². The monoisotopic (exact) mass is 563 g/mol. The molecule has 8 heteroatoms. The standard InChI is InChI=1S/C33H49N5O3/c1-3-4-5-6-7-8-9-10-11-12-13-14-15-16-17-18-19-20-21-23-32(39)35-25-22-24-34-26-27-36-33(40)31-29-38(41)30(2)28-37-31/h4-5,7-8,10-11,13-14,16-17,19-20,28-29,34H,3,6,9,12,15,18,21-27H2,1-2H3,(H,35,39)(H,36,40). The summed E-state index contributed by atoms with van der Waals surface area (Å²) in [4.78, 5) is 27.9. The Morgan fingerprint density at radius 2 is 1.34 bits per heavy atom. The summed E-state index contributed by atoms with van der Waals surface area (Å²) in [6, 6.07) is 0. The average molecular weight is 564 g/mol. The number of rotatable bonds is 22. The first-order chi connectivity index (χ1) is 20.0. The smallest absolute Gasteiger partial charge is 0.276 e. The number of carbonyl (C=O) groups is 2. The van der Waals surface area contributed by atoms with Crippen LogP contribution in [0.15, 0.2) is 85.3 Å². The number of nitrogens with zero attached hydrogens (tertiary/aromatic N) is 2. The Hall–Kier alpha value is -3.78. The Kier molecular flexibility index (Phi) is 21.7. The van der Waals surface area contributed by atoms with Gasteiger partial charge in [-0.1, -0.05) is 79.8 Å². The van der Waals surface area contributed by atoms with Crippen molar-refractivity contribution in [2.75, 3.05) is 26.2 Å². The van der Waals surface area contributed by atoms with E-state index in [0.29, 0.717) is 36.5 Å². The molecule has 0 unspecified atom stereocenters. The molecule has 1 aromatic heterocycles. The molecule has 0 aliphatic carbocycles. The maximum Gasteiger partial charge on any atom is 0.276 e. The van der Waals surface area contributed by atoms with Crippen molar-refractivity contribution in [1.29, 1.82) is 0 Å². The van der Waals surface area contributed by atoms with Crippen LogP contribution in [-0.2, 0) is 4.79 Å². The van der Waals surface area contributed by atoms with Gasteiger partial charge in [-0.25, -0.2) is 4.98 Å². The van der Waals surface area contributed by atoms with Crippen LogP contribution in [0.3, 0.4) is 0 Å². The quantitative estimate of drug-likeness (QED) is 0.0765. The molecule has 0 aliphatic rings. The number of carbonyl (C=O) groups excluding carboxylic acids is 2. The molecule has 1 rings (SSSR count). The summed E-state index contributed by atoms with van der Waals surface area (Å²) in [6.45, 7) is 6.12. The minimum Gasteiger partial charge on any atom is -0.618 e. The Morgan fingerprint density at radius 1 is 0.780 bits per heavy atom. The van der Waals surface area contributed by atoms with E-state index >= 15 is 0 Å². The molecule has 0 aromatic carbocycles. The summed E-state index contributed by atoms with van der Waals surface area (Å²) in [7, 11) is 0. The summed E-state index contributed by atoms with van der Waals surface area (Å²) >= 11 is 0. The first-order valence-corrected chi connectivity index (χ1v) is 14.8. The van der Waals surface area contributed by atoms with Crippen molar-refractivity contribution < 1.29 is 14.3 Å². The van der Waals surface area contributed by atoms with E-state index in [1.807, 2.05) is 0 Å². The lowest BCUT2D eigenvalue weighted by Crippen LogP contribution is -2.36. The molecular formula is C33H49N5O3. The topological polar surface area (TPSA) is 110 Å². The van der Waals surface area contributed by atoms with Crippen LogP contribution < -0.4 is 20.7 Å². The highest BCUT2D eigenvalue weighted by atomic mass is 16.5. The van der Waals surface area contributed by atoms with E-state index in [9.17, 15) is 14.8 Å². The maximum atomic E-state index is 12.0. The number of nitrogens with one attached hydrogen (secondary N) is 3. The molecule has 0 saturated carbocycles. The predicted molar refractivity (Wildman–Crippen MR) is 168 cm³/mol. The molecule has 0 saturated heterocycles. The number of allylic oxidation sites excluding steroid dienone is 12. The van der Waals surface area contributed by atoms with Gasteiger partial charge in [0.15, 0.2) is 5.69 Å². The molecular weight excluding hydrogens is 514 g/mol. The van der Waals surface area contributed by atoms with Crippen molar-refractivity contribution >= 4 is 11.8 Å². The molecule has 0 bridgehead atoms. The second-order valence-electron chi connectivity index (χ2n) is 9.40. The van der Waals surface area contributed by atoms with Gasteiger partial charge >= 0.3 is 0 Å². The van der Waals surface area contributed by atoms with Crippen molar-refractivity contribution in [3.63, 3.8) is 0 Å². The molecule has 3 N–H and O–H groups in total. The van der Waals surface area contributed by atoms with E-state index in [1.54, 1.807) is 6.92 Å². The lowest BCUT2D eigenvalue weighted by atomic mass is 10.2. The highest BCUT2D eigenvalue weighted by Crippen LogP contribution is 1.98. The van der Waals surface area contributed by atoms with E-state index in [4.69, 9.17) is 0 Å². The number of hydrogen-bond acceptors (Lipinski definition) is 5. The molecule has 0 aliphatic heterocycles. The fraction of sp³-hybridized carbons (Fsp3) is 0.455. The van der Waals surface area contributed by atoms with Crippen molar-refractivity contribution in [2.45, 2.75) is 71.6 Å². The van der Waals surface area contributed by atoms with Gasteiger partial charge in [0, 0.05) is 33.0 Å². The van der Waals surface area contributed by atoms with Gasteiger partial charge < -0.3 is 21.2 Å². The molecule has 0 radical (unpaired) electrons. The van der Waals surface area contributed by atoms with Crippen LogP contribution in [0.1, 0.15) is 80.9 Å². The van der Waals surface area contributed by atoms with Gasteiger partial charge in [-0.3, -0.25) is 9.59 Å². The van der Waals surface area contributed by atoms with E-state index in [0.717, 1.165) is 57.9 Å². The van der Waals surface area contributed by atoms with Crippen molar-refractivity contribution in [3.8, 4) is 0 Å². The Balaban J connectivity index is 1.93. The van der Waals surface area contributed by atoms with Gasteiger partial charge in [-0.2, -0.15) is 4.73 Å². The molecule has 224 valence electrons. The van der Waals surface area contributed by atoms with Crippen LogP contribution in [0.5, 0.6) is 0 Å². The summed E-state index contributed by atoms with van der Waals surface area (Å²) in [6.07, 6.45) is 36.5. The molecule has 0 fully saturated rings. The van der Waals surface area contributed by atoms with Gasteiger partial charge in [-0.05, 0) is 57.9 Å². The Morgan fingerprint density at radius 3 is 1.90 bits per heavy atom. The van der Waals surface area contributed by atoms with Crippen molar-refractivity contribution in [2.24, 2.45) is 0 Å². The molecule has 41 heavy (non-hydrogen) atoms. The van der Waals surface area contributed by atoms with Gasteiger partial charge in [0.25, 0.3) is 5.91 Å². The van der Waals surface area contributed by atoms with E-state index < -0.39 is 0 Å². The largest absolute Gasteiger partial charge is 0.618 e. The van der Waals surface area contributed by atoms with Crippen molar-refractivity contribution in [3.05, 3.63) is 102 Å². The molecule has 8 nitrogen and oxygen atoms in total. The zero-order valence-corrected chi connectivity index (χ0v) is 24.9. The Bertz CT molecular complexity index is 1040. The van der Waals surface area contributed by atoms with Gasteiger partial charge in [0.05, 0.1) is 6.20 Å². The van der Waals surface area contributed by atoms with Gasteiger partial charge in [0.2, 0.25) is 17.8 Å². The minimum atomic E-state index is -0.379. The third kappa shape index (κ3) is 20.7. The number of aromatic nitrogens is 2. The van der Waals surface area contributed by atoms with E-state index in [1.165, 1.54) is 12.4 Å². The lowest BCUT2D eigenvalue weighted by molar-refractivity contribution is -0.613. The van der Waals surface area contributed by atoms with Crippen molar-refractivity contribution in [1.82, 2.24) is 20.9 Å². The molecule has 2 amide bonds. The lowest BCUT2D eigenvalue weighted by Gasteiger charge is -2.07. The fourth-order valence-corrected chi connectivity index (χ4v) is 3.45. The molecule has 1 aromatic rings. The predicted octanol–water partition coefficient (Wildman–Crippen LogP) is 5.33. The number of amides is 2. The van der Waals surface area contributed by atoms with Crippen LogP contribution in [-0.4, -0.2) is 43.0 Å². The normalized spacial score (nSPS) is 12.2. The first kappa shape index (κ1) is 35.2. The number of aryl methyl sites for hydroxylation is 1. The SMILES string of the molecule is CCC=CCC=CCC=CCC=CCC=CCC=CCCC(=O)NCCCNCCNC(=O)c1c[n+]([O-])c(C)cn1. The molecule has 0 spiro atoms. The van der Waals surface area contributed by atoms with Crippen LogP contribution in [0.25, 0.3) is 0 Å². The fourth-order valence-electron chi connectivity index (χ4n) is 3.45. The third-order valence-electron chi connectivity index (χ3n) is 5.78. The second kappa shape index (κ2) is 25.2. The highest BCUT2D eigenvalue weighted by Gasteiger charge is 2.11. The summed E-state index contributed by atoms with van der Waals surface area (Å²) in [5.41, 5.74) is 0.529. The highest BCUT2D eigenvalue weighted by molar-refractivity contribution is 5.91. The first-order valence-electron chi connectivity index (χ1n) is 14.8.